The van der Waals surface area contributed by atoms with E-state index in [9.17, 15) is 14.4 Å². The highest BCUT2D eigenvalue weighted by molar-refractivity contribution is 5.71. The number of hydrogen-bond acceptors (Lipinski definition) is 6. The molecule has 0 bridgehead atoms. The first-order chi connectivity index (χ1) is 23.8. The Hall–Kier alpha value is -1.59. The van der Waals surface area contributed by atoms with Crippen molar-refractivity contribution in [3.63, 3.8) is 0 Å². The number of unbranched alkanes of at least 4 members (excludes halogenated alkanes) is 21. The molecule has 0 saturated heterocycles. The van der Waals surface area contributed by atoms with E-state index in [1.807, 2.05) is 0 Å². The highest BCUT2D eigenvalue weighted by Crippen LogP contribution is 2.16. The molecule has 0 radical (unpaired) electrons. The van der Waals surface area contributed by atoms with Crippen LogP contribution in [0, 0.1) is 11.8 Å². The van der Waals surface area contributed by atoms with Gasteiger partial charge in [0.05, 0.1) is 0 Å². The van der Waals surface area contributed by atoms with Crippen LogP contribution in [0.4, 0.5) is 0 Å². The molecule has 0 aliphatic carbocycles. The van der Waals surface area contributed by atoms with Gasteiger partial charge >= 0.3 is 17.9 Å². The van der Waals surface area contributed by atoms with Gasteiger partial charge in [0, 0.05) is 19.3 Å². The van der Waals surface area contributed by atoms with Crippen LogP contribution in [0.3, 0.4) is 0 Å². The van der Waals surface area contributed by atoms with Gasteiger partial charge in [0.25, 0.3) is 0 Å². The number of hydrogen-bond donors (Lipinski definition) is 0. The van der Waals surface area contributed by atoms with Crippen LogP contribution in [0.2, 0.25) is 0 Å². The predicted molar refractivity (Wildman–Crippen MR) is 206 cm³/mol. The van der Waals surface area contributed by atoms with Gasteiger partial charge in [-0.05, 0) is 31.1 Å². The third kappa shape index (κ3) is 36.0. The van der Waals surface area contributed by atoms with Crippen molar-refractivity contribution < 1.29 is 28.6 Å². The highest BCUT2D eigenvalue weighted by atomic mass is 16.6. The van der Waals surface area contributed by atoms with Crippen LogP contribution in [-0.2, 0) is 28.6 Å². The molecule has 6 nitrogen and oxygen atoms in total. The molecule has 290 valence electrons. The van der Waals surface area contributed by atoms with Crippen LogP contribution in [0.25, 0.3) is 0 Å². The molecule has 0 rings (SSSR count). The molecule has 0 fully saturated rings. The average Bonchev–Trinajstić information content (AvgIpc) is 3.08. The van der Waals surface area contributed by atoms with E-state index in [2.05, 4.69) is 34.6 Å². The Morgan fingerprint density at radius 3 is 1.16 bits per heavy atom. The lowest BCUT2D eigenvalue weighted by atomic mass is 10.00. The van der Waals surface area contributed by atoms with E-state index in [1.165, 1.54) is 116 Å². The second kappa shape index (κ2) is 36.2. The summed E-state index contributed by atoms with van der Waals surface area (Å²) in [7, 11) is 0. The minimum atomic E-state index is -0.760. The van der Waals surface area contributed by atoms with Crippen LogP contribution in [0.15, 0.2) is 0 Å². The molecule has 0 saturated carbocycles. The van der Waals surface area contributed by atoms with Crippen molar-refractivity contribution in [2.45, 2.75) is 233 Å². The fourth-order valence-corrected chi connectivity index (χ4v) is 6.19. The molecule has 6 heteroatoms. The molecular weight excluding hydrogens is 612 g/mol. The second-order valence-electron chi connectivity index (χ2n) is 15.3. The molecule has 0 aromatic rings. The molecule has 49 heavy (non-hydrogen) atoms. The zero-order valence-electron chi connectivity index (χ0n) is 33.3. The van der Waals surface area contributed by atoms with Crippen molar-refractivity contribution in [1.82, 2.24) is 0 Å². The molecular formula is C43H82O6. The molecule has 0 aromatic heterocycles. The normalized spacial score (nSPS) is 12.6. The van der Waals surface area contributed by atoms with Crippen molar-refractivity contribution in [3.05, 3.63) is 0 Å². The fraction of sp³-hybridized carbons (Fsp3) is 0.930. The largest absolute Gasteiger partial charge is 0.462 e. The monoisotopic (exact) mass is 695 g/mol. The molecule has 0 spiro atoms. The molecule has 2 atom stereocenters. The minimum Gasteiger partial charge on any atom is -0.462 e. The van der Waals surface area contributed by atoms with E-state index in [4.69, 9.17) is 14.2 Å². The lowest BCUT2D eigenvalue weighted by Gasteiger charge is -2.18. The molecule has 0 aromatic carbocycles. The summed E-state index contributed by atoms with van der Waals surface area (Å²) in [5.41, 5.74) is 0. The maximum absolute atomic E-state index is 12.6. The number of carbonyl (C=O) groups is 3. The van der Waals surface area contributed by atoms with Gasteiger partial charge < -0.3 is 14.2 Å². The standard InChI is InChI=1S/C43H82O6/c1-6-8-9-10-11-12-13-14-17-23-28-33-41(44)47-36-40(49-43(46)35-30-25-20-19-22-27-32-39(5)7-2)37-48-42(45)34-29-24-18-15-16-21-26-31-38(3)4/h38-40H,6-37H2,1-5H3/t39?,40-/m0/s1. The number of ether oxygens (including phenoxy) is 3. The van der Waals surface area contributed by atoms with Gasteiger partial charge in [-0.1, -0.05) is 189 Å². The summed E-state index contributed by atoms with van der Waals surface area (Å²) in [6.07, 6.45) is 32.4. The second-order valence-corrected chi connectivity index (χ2v) is 15.3. The van der Waals surface area contributed by atoms with Gasteiger partial charge in [-0.15, -0.1) is 0 Å². The van der Waals surface area contributed by atoms with Gasteiger partial charge in [-0.3, -0.25) is 14.4 Å². The van der Waals surface area contributed by atoms with Crippen molar-refractivity contribution in [2.24, 2.45) is 11.8 Å². The summed E-state index contributed by atoms with van der Waals surface area (Å²) >= 11 is 0. The van der Waals surface area contributed by atoms with E-state index < -0.39 is 6.10 Å². The summed E-state index contributed by atoms with van der Waals surface area (Å²) in [5, 5.41) is 0. The molecule has 0 N–H and O–H groups in total. The van der Waals surface area contributed by atoms with E-state index in [1.54, 1.807) is 0 Å². The maximum Gasteiger partial charge on any atom is 0.306 e. The Kier molecular flexibility index (Phi) is 35.0. The van der Waals surface area contributed by atoms with Crippen LogP contribution in [-0.4, -0.2) is 37.2 Å². The highest BCUT2D eigenvalue weighted by Gasteiger charge is 2.19. The first-order valence-corrected chi connectivity index (χ1v) is 21.3. The Labute approximate surface area is 304 Å². The Bertz CT molecular complexity index is 751. The number of rotatable bonds is 37. The number of esters is 3. The zero-order valence-corrected chi connectivity index (χ0v) is 33.3. The Morgan fingerprint density at radius 2 is 0.776 bits per heavy atom. The van der Waals surface area contributed by atoms with Crippen LogP contribution in [0.1, 0.15) is 227 Å². The molecule has 0 aliphatic heterocycles. The third-order valence-corrected chi connectivity index (χ3v) is 9.83. The van der Waals surface area contributed by atoms with Gasteiger partial charge in [-0.2, -0.15) is 0 Å². The van der Waals surface area contributed by atoms with Crippen LogP contribution in [0.5, 0.6) is 0 Å². The van der Waals surface area contributed by atoms with E-state index in [-0.39, 0.29) is 31.1 Å². The summed E-state index contributed by atoms with van der Waals surface area (Å²) in [6.45, 7) is 11.2. The topological polar surface area (TPSA) is 78.9 Å². The van der Waals surface area contributed by atoms with Crippen LogP contribution >= 0.6 is 0 Å². The van der Waals surface area contributed by atoms with Crippen molar-refractivity contribution in [3.8, 4) is 0 Å². The van der Waals surface area contributed by atoms with E-state index >= 15 is 0 Å². The third-order valence-electron chi connectivity index (χ3n) is 9.83. The minimum absolute atomic E-state index is 0.0666. The van der Waals surface area contributed by atoms with Gasteiger partial charge in [-0.25, -0.2) is 0 Å². The smallest absolute Gasteiger partial charge is 0.306 e. The summed E-state index contributed by atoms with van der Waals surface area (Å²) in [4.78, 5) is 37.5. The van der Waals surface area contributed by atoms with Crippen LogP contribution < -0.4 is 0 Å². The van der Waals surface area contributed by atoms with Gasteiger partial charge in [0.15, 0.2) is 6.10 Å². The first kappa shape index (κ1) is 47.4. The lowest BCUT2D eigenvalue weighted by molar-refractivity contribution is -0.167. The predicted octanol–water partition coefficient (Wildman–Crippen LogP) is 13.0. The lowest BCUT2D eigenvalue weighted by Crippen LogP contribution is -2.30. The summed E-state index contributed by atoms with van der Waals surface area (Å²) < 4.78 is 16.6. The maximum atomic E-state index is 12.6. The van der Waals surface area contributed by atoms with Crippen molar-refractivity contribution >= 4 is 17.9 Å². The average molecular weight is 695 g/mol. The molecule has 0 aliphatic rings. The summed E-state index contributed by atoms with van der Waals surface area (Å²) in [6, 6.07) is 0. The Morgan fingerprint density at radius 1 is 0.429 bits per heavy atom. The molecule has 1 unspecified atom stereocenters. The van der Waals surface area contributed by atoms with Gasteiger partial charge in [0.1, 0.15) is 13.2 Å². The quantitative estimate of drug-likeness (QED) is 0.0366. The Balaban J connectivity index is 4.36. The molecule has 0 amide bonds. The first-order valence-electron chi connectivity index (χ1n) is 21.3. The SMILES string of the molecule is CCCCCCCCCCCCCC(=O)OC[C@@H](COC(=O)CCCCCCCCCC(C)C)OC(=O)CCCCCCCCC(C)CC. The van der Waals surface area contributed by atoms with E-state index in [0.717, 1.165) is 69.6 Å². The van der Waals surface area contributed by atoms with Crippen molar-refractivity contribution in [1.29, 1.82) is 0 Å². The zero-order chi connectivity index (χ0) is 36.2. The van der Waals surface area contributed by atoms with E-state index in [0.29, 0.717) is 19.3 Å². The summed E-state index contributed by atoms with van der Waals surface area (Å²) in [5.74, 6) is 0.723. The number of carbonyl (C=O) groups excluding carboxylic acids is 3. The van der Waals surface area contributed by atoms with Crippen molar-refractivity contribution in [2.75, 3.05) is 13.2 Å². The molecule has 0 heterocycles. The van der Waals surface area contributed by atoms with Gasteiger partial charge in [0.2, 0.25) is 0 Å². The fourth-order valence-electron chi connectivity index (χ4n) is 6.19.